The van der Waals surface area contributed by atoms with Crippen molar-refractivity contribution in [3.8, 4) is 23.7 Å². The summed E-state index contributed by atoms with van der Waals surface area (Å²) in [5, 5.41) is 3.30. The van der Waals surface area contributed by atoms with Gasteiger partial charge in [0.1, 0.15) is 12.2 Å². The average molecular weight is 207 g/mol. The lowest BCUT2D eigenvalue weighted by atomic mass is 10.1. The molecule has 2 nitrogen and oxygen atoms in total. The molecule has 0 spiro atoms. The first-order valence-corrected chi connectivity index (χ1v) is 5.14. The van der Waals surface area contributed by atoms with Crippen LogP contribution in [0, 0.1) is 23.7 Å². The van der Waals surface area contributed by atoms with Crippen LogP contribution >= 0.6 is 0 Å². The first-order valence-electron chi connectivity index (χ1n) is 5.14. The smallest absolute Gasteiger partial charge is 0.212 e. The summed E-state index contributed by atoms with van der Waals surface area (Å²) in [6.45, 7) is 0.631. The third-order valence-corrected chi connectivity index (χ3v) is 2.57. The summed E-state index contributed by atoms with van der Waals surface area (Å²) in [5.74, 6) is 11.9. The minimum absolute atomic E-state index is 0.202. The van der Waals surface area contributed by atoms with E-state index in [0.29, 0.717) is 12.5 Å². The summed E-state index contributed by atoms with van der Waals surface area (Å²) in [5.41, 5.74) is 1.98. The second-order valence-electron chi connectivity index (χ2n) is 3.62. The van der Waals surface area contributed by atoms with Crippen molar-refractivity contribution in [2.45, 2.75) is 6.04 Å². The largest absolute Gasteiger partial charge is 0.475 e. The van der Waals surface area contributed by atoms with Crippen LogP contribution in [0.5, 0.6) is 0 Å². The molecule has 2 aliphatic rings. The highest BCUT2D eigenvalue weighted by atomic mass is 16.5. The van der Waals surface area contributed by atoms with E-state index in [9.17, 15) is 0 Å². The fraction of sp³-hybridized carbons (Fsp3) is 0.143. The summed E-state index contributed by atoms with van der Waals surface area (Å²) in [6.07, 6.45) is 0. The van der Waals surface area contributed by atoms with Gasteiger partial charge in [0, 0.05) is 0 Å². The maximum Gasteiger partial charge on any atom is 0.212 e. The van der Waals surface area contributed by atoms with Crippen LogP contribution in [-0.4, -0.2) is 6.61 Å². The van der Waals surface area contributed by atoms with Crippen molar-refractivity contribution in [1.82, 2.24) is 5.32 Å². The van der Waals surface area contributed by atoms with E-state index in [1.54, 1.807) is 0 Å². The molecule has 1 saturated heterocycles. The quantitative estimate of drug-likeness (QED) is 0.706. The fourth-order valence-electron chi connectivity index (χ4n) is 1.75. The van der Waals surface area contributed by atoms with Gasteiger partial charge in [-0.05, 0) is 29.2 Å². The number of hydrogen-bond donors (Lipinski definition) is 1. The summed E-state index contributed by atoms with van der Waals surface area (Å²) in [6, 6.07) is 10.4. The maximum absolute atomic E-state index is 5.57. The van der Waals surface area contributed by atoms with Crippen LogP contribution < -0.4 is 5.32 Å². The van der Waals surface area contributed by atoms with Crippen molar-refractivity contribution in [2.75, 3.05) is 6.61 Å². The van der Waals surface area contributed by atoms with Gasteiger partial charge in [-0.1, -0.05) is 30.3 Å². The number of rotatable bonds is 1. The van der Waals surface area contributed by atoms with Crippen LogP contribution in [0.25, 0.3) is 0 Å². The molecule has 0 radical (unpaired) electrons. The van der Waals surface area contributed by atoms with Crippen LogP contribution in [0.2, 0.25) is 0 Å². The first-order chi connectivity index (χ1) is 7.93. The highest BCUT2D eigenvalue weighted by Gasteiger charge is 2.23. The lowest BCUT2D eigenvalue weighted by Crippen LogP contribution is -2.14. The molecule has 76 valence electrons. The Bertz CT molecular complexity index is 541. The lowest BCUT2D eigenvalue weighted by Gasteiger charge is -2.07. The molecule has 1 N–H and O–H groups in total. The van der Waals surface area contributed by atoms with Gasteiger partial charge in [-0.2, -0.15) is 0 Å². The minimum Gasteiger partial charge on any atom is -0.475 e. The summed E-state index contributed by atoms with van der Waals surface area (Å²) in [4.78, 5) is 0. The first kappa shape index (κ1) is 8.95. The van der Waals surface area contributed by atoms with Gasteiger partial charge >= 0.3 is 0 Å². The molecular weight excluding hydrogens is 198 g/mol. The molecule has 0 aromatic heterocycles. The Morgan fingerprint density at radius 1 is 1.12 bits per heavy atom. The molecule has 16 heavy (non-hydrogen) atoms. The zero-order chi connectivity index (χ0) is 10.8. The summed E-state index contributed by atoms with van der Waals surface area (Å²) < 4.78 is 5.57. The second-order valence-corrected chi connectivity index (χ2v) is 3.62. The third kappa shape index (κ3) is 1.51. The van der Waals surface area contributed by atoms with Crippen molar-refractivity contribution >= 4 is 0 Å². The number of nitrogens with one attached hydrogen (secondary N) is 1. The molecule has 1 aromatic carbocycles. The molecule has 0 saturated carbocycles. The minimum atomic E-state index is 0.202. The van der Waals surface area contributed by atoms with Crippen LogP contribution in [0.1, 0.15) is 11.6 Å². The van der Waals surface area contributed by atoms with Gasteiger partial charge in [-0.3, -0.25) is 0 Å². The molecule has 1 aliphatic carbocycles. The van der Waals surface area contributed by atoms with E-state index in [1.165, 1.54) is 5.56 Å². The average Bonchev–Trinajstić information content (AvgIpc) is 3.01. The standard InChI is InChI=1S/C14H9NO/c1-2-6-11(7-3-1)13-10-16-14(15-13)12-8-4-5-9-12/h1-3,6-7,13,15H,10H2/t13-/m1/s1. The van der Waals surface area contributed by atoms with Gasteiger partial charge in [0.05, 0.1) is 6.04 Å². The normalized spacial score (nSPS) is 20.4. The number of hydrogen-bond acceptors (Lipinski definition) is 2. The Morgan fingerprint density at radius 2 is 1.88 bits per heavy atom. The second kappa shape index (κ2) is 3.68. The highest BCUT2D eigenvalue weighted by Crippen LogP contribution is 2.23. The van der Waals surface area contributed by atoms with Crippen molar-refractivity contribution in [3.63, 3.8) is 0 Å². The molecule has 0 unspecified atom stereocenters. The predicted octanol–water partition coefficient (Wildman–Crippen LogP) is 1.58. The Balaban J connectivity index is 1.84. The van der Waals surface area contributed by atoms with Crippen LogP contribution in [0.15, 0.2) is 41.8 Å². The van der Waals surface area contributed by atoms with Crippen LogP contribution in [0.4, 0.5) is 0 Å². The van der Waals surface area contributed by atoms with Gasteiger partial charge in [-0.15, -0.1) is 0 Å². The Labute approximate surface area is 94.3 Å². The molecule has 3 rings (SSSR count). The molecule has 1 fully saturated rings. The third-order valence-electron chi connectivity index (χ3n) is 2.57. The number of allylic oxidation sites excluding steroid dienone is 1. The lowest BCUT2D eigenvalue weighted by molar-refractivity contribution is 0.253. The van der Waals surface area contributed by atoms with Crippen LogP contribution in [0.3, 0.4) is 0 Å². The summed E-state index contributed by atoms with van der Waals surface area (Å²) >= 11 is 0. The van der Waals surface area contributed by atoms with Crippen LogP contribution in [-0.2, 0) is 4.74 Å². The molecule has 1 heterocycles. The van der Waals surface area contributed by atoms with Gasteiger partial charge in [0.25, 0.3) is 0 Å². The van der Waals surface area contributed by atoms with Gasteiger partial charge in [-0.25, -0.2) is 0 Å². The molecule has 1 aliphatic heterocycles. The van der Waals surface area contributed by atoms with Gasteiger partial charge < -0.3 is 10.1 Å². The Morgan fingerprint density at radius 3 is 2.62 bits per heavy atom. The van der Waals surface area contributed by atoms with Crippen molar-refractivity contribution in [1.29, 1.82) is 0 Å². The van der Waals surface area contributed by atoms with Crippen molar-refractivity contribution in [2.24, 2.45) is 0 Å². The van der Waals surface area contributed by atoms with E-state index in [1.807, 2.05) is 18.2 Å². The van der Waals surface area contributed by atoms with E-state index in [-0.39, 0.29) is 6.04 Å². The number of ether oxygens (including phenoxy) is 1. The molecule has 0 bridgehead atoms. The van der Waals surface area contributed by atoms with Gasteiger partial charge in [0.15, 0.2) is 0 Å². The van der Waals surface area contributed by atoms with Crippen molar-refractivity contribution < 1.29 is 4.74 Å². The zero-order valence-corrected chi connectivity index (χ0v) is 8.58. The van der Waals surface area contributed by atoms with E-state index in [2.05, 4.69) is 41.1 Å². The SMILES string of the molecule is C1#CC(=C2N[C@@H](c3ccccc3)CO2)C#C1. The Hall–Kier alpha value is -2.32. The van der Waals surface area contributed by atoms with E-state index in [0.717, 1.165) is 5.57 Å². The zero-order valence-electron chi connectivity index (χ0n) is 8.58. The molecular formula is C14H9NO. The summed E-state index contributed by atoms with van der Waals surface area (Å²) in [7, 11) is 0. The molecule has 1 aromatic rings. The molecule has 0 amide bonds. The molecule has 1 atom stereocenters. The van der Waals surface area contributed by atoms with E-state index in [4.69, 9.17) is 4.74 Å². The van der Waals surface area contributed by atoms with Crippen molar-refractivity contribution in [3.05, 3.63) is 47.4 Å². The molecule has 2 heteroatoms. The monoisotopic (exact) mass is 207 g/mol. The topological polar surface area (TPSA) is 21.3 Å². The fourth-order valence-corrected chi connectivity index (χ4v) is 1.75. The predicted molar refractivity (Wildman–Crippen MR) is 60.8 cm³/mol. The van der Waals surface area contributed by atoms with E-state index >= 15 is 0 Å². The Kier molecular flexibility index (Phi) is 2.06. The van der Waals surface area contributed by atoms with Gasteiger partial charge in [0.2, 0.25) is 5.88 Å². The van der Waals surface area contributed by atoms with E-state index < -0.39 is 0 Å². The maximum atomic E-state index is 5.57. The number of benzene rings is 1. The highest BCUT2D eigenvalue weighted by molar-refractivity contribution is 5.57.